The molecular weight excluding hydrogens is 264 g/mol. The monoisotopic (exact) mass is 280 g/mol. The quantitative estimate of drug-likeness (QED) is 0.826. The van der Waals surface area contributed by atoms with Crippen LogP contribution in [0.4, 0.5) is 0 Å². The van der Waals surface area contributed by atoms with Crippen molar-refractivity contribution >= 4 is 23.1 Å². The van der Waals surface area contributed by atoms with E-state index in [2.05, 4.69) is 32.3 Å². The van der Waals surface area contributed by atoms with Crippen LogP contribution in [0.2, 0.25) is 0 Å². The highest BCUT2D eigenvalue weighted by atomic mass is 32.2. The molecule has 96 valence electrons. The van der Waals surface area contributed by atoms with Crippen LogP contribution in [0.1, 0.15) is 29.6 Å². The predicted octanol–water partition coefficient (Wildman–Crippen LogP) is 2.47. The number of aromatic nitrogens is 3. The van der Waals surface area contributed by atoms with Crippen LogP contribution in [-0.4, -0.2) is 20.5 Å². The van der Waals surface area contributed by atoms with Crippen LogP contribution in [0.3, 0.4) is 0 Å². The van der Waals surface area contributed by atoms with Crippen LogP contribution < -0.4 is 5.73 Å². The van der Waals surface area contributed by atoms with Gasteiger partial charge in [-0.05, 0) is 30.7 Å². The molecule has 0 amide bonds. The first-order valence-electron chi connectivity index (χ1n) is 6.17. The van der Waals surface area contributed by atoms with Crippen LogP contribution in [0.15, 0.2) is 22.7 Å². The summed E-state index contributed by atoms with van der Waals surface area (Å²) in [6, 6.07) is 4.88. The van der Waals surface area contributed by atoms with E-state index in [9.17, 15) is 0 Å². The minimum absolute atomic E-state index is 0.481. The van der Waals surface area contributed by atoms with E-state index in [1.807, 2.05) is 11.3 Å². The summed E-state index contributed by atoms with van der Waals surface area (Å²) in [4.78, 5) is 1.43. The molecule has 0 aromatic carbocycles. The molecule has 2 heterocycles. The number of rotatable bonds is 6. The fourth-order valence-corrected chi connectivity index (χ4v) is 3.78. The summed E-state index contributed by atoms with van der Waals surface area (Å²) in [5, 5.41) is 11.6. The van der Waals surface area contributed by atoms with Crippen molar-refractivity contribution in [1.82, 2.24) is 14.8 Å². The average molecular weight is 280 g/mol. The molecule has 0 unspecified atom stereocenters. The van der Waals surface area contributed by atoms with Crippen LogP contribution >= 0.6 is 23.1 Å². The van der Waals surface area contributed by atoms with Crippen molar-refractivity contribution in [1.29, 1.82) is 0 Å². The lowest BCUT2D eigenvalue weighted by atomic mass is 10.4. The van der Waals surface area contributed by atoms with Gasteiger partial charge >= 0.3 is 0 Å². The van der Waals surface area contributed by atoms with Gasteiger partial charge < -0.3 is 10.3 Å². The third kappa shape index (κ3) is 2.60. The molecule has 3 rings (SSSR count). The molecule has 2 N–H and O–H groups in total. The van der Waals surface area contributed by atoms with Crippen LogP contribution in [0.5, 0.6) is 0 Å². The molecule has 1 saturated carbocycles. The third-order valence-corrected chi connectivity index (χ3v) is 4.87. The summed E-state index contributed by atoms with van der Waals surface area (Å²) < 4.78 is 2.24. The van der Waals surface area contributed by atoms with E-state index in [4.69, 9.17) is 5.73 Å². The number of nitrogens with two attached hydrogens (primary N) is 1. The molecule has 1 aliphatic rings. The molecule has 1 fully saturated rings. The lowest BCUT2D eigenvalue weighted by Crippen LogP contribution is -2.08. The van der Waals surface area contributed by atoms with E-state index in [1.165, 1.54) is 17.7 Å². The Morgan fingerprint density at radius 3 is 3.00 bits per heavy atom. The molecule has 18 heavy (non-hydrogen) atoms. The van der Waals surface area contributed by atoms with E-state index in [1.54, 1.807) is 11.8 Å². The maximum Gasteiger partial charge on any atom is 0.191 e. The van der Waals surface area contributed by atoms with Crippen molar-refractivity contribution in [2.45, 2.75) is 37.0 Å². The zero-order valence-corrected chi connectivity index (χ0v) is 11.7. The average Bonchev–Trinajstić information content (AvgIpc) is 2.93. The van der Waals surface area contributed by atoms with E-state index in [0.29, 0.717) is 12.6 Å². The van der Waals surface area contributed by atoms with Gasteiger partial charge in [-0.25, -0.2) is 0 Å². The van der Waals surface area contributed by atoms with Gasteiger partial charge in [-0.15, -0.1) is 21.5 Å². The lowest BCUT2D eigenvalue weighted by molar-refractivity contribution is 0.626. The first kappa shape index (κ1) is 12.2. The van der Waals surface area contributed by atoms with Gasteiger partial charge in [0.15, 0.2) is 5.16 Å². The topological polar surface area (TPSA) is 56.7 Å². The predicted molar refractivity (Wildman–Crippen MR) is 74.9 cm³/mol. The van der Waals surface area contributed by atoms with Gasteiger partial charge in [0.25, 0.3) is 0 Å². The Bertz CT molecular complexity index is 502. The lowest BCUT2D eigenvalue weighted by Gasteiger charge is -2.06. The fraction of sp³-hybridized carbons (Fsp3) is 0.500. The van der Waals surface area contributed by atoms with Gasteiger partial charge in [0.05, 0.1) is 6.54 Å². The first-order valence-corrected chi connectivity index (χ1v) is 8.04. The smallest absolute Gasteiger partial charge is 0.191 e. The molecule has 4 nitrogen and oxygen atoms in total. The summed E-state index contributed by atoms with van der Waals surface area (Å²) in [7, 11) is 0. The molecule has 0 saturated heterocycles. The van der Waals surface area contributed by atoms with Gasteiger partial charge in [-0.1, -0.05) is 17.8 Å². The van der Waals surface area contributed by atoms with Crippen molar-refractivity contribution in [2.75, 3.05) is 5.75 Å². The zero-order valence-electron chi connectivity index (χ0n) is 10.1. The Morgan fingerprint density at radius 2 is 2.33 bits per heavy atom. The van der Waals surface area contributed by atoms with Crippen molar-refractivity contribution < 1.29 is 0 Å². The molecule has 1 aliphatic carbocycles. The van der Waals surface area contributed by atoms with Crippen molar-refractivity contribution in [2.24, 2.45) is 5.73 Å². The number of hydrogen-bond donors (Lipinski definition) is 1. The maximum atomic E-state index is 5.70. The second-order valence-electron chi connectivity index (χ2n) is 4.38. The Morgan fingerprint density at radius 1 is 1.44 bits per heavy atom. The van der Waals surface area contributed by atoms with Gasteiger partial charge in [0, 0.05) is 16.7 Å². The van der Waals surface area contributed by atoms with E-state index >= 15 is 0 Å². The highest BCUT2D eigenvalue weighted by Gasteiger charge is 2.28. The summed E-state index contributed by atoms with van der Waals surface area (Å²) >= 11 is 3.60. The van der Waals surface area contributed by atoms with Crippen LogP contribution in [-0.2, 0) is 13.0 Å². The summed E-state index contributed by atoms with van der Waals surface area (Å²) in [5.74, 6) is 1.98. The fourth-order valence-electron chi connectivity index (χ4n) is 1.94. The number of hydrogen-bond acceptors (Lipinski definition) is 5. The molecule has 0 atom stereocenters. The SMILES string of the molecule is NCc1nnc(SCCc2cccs2)n1C1CC1. The van der Waals surface area contributed by atoms with E-state index < -0.39 is 0 Å². The Kier molecular flexibility index (Phi) is 3.67. The Hall–Kier alpha value is -0.850. The van der Waals surface area contributed by atoms with Gasteiger partial charge in [0.2, 0.25) is 0 Å². The zero-order chi connectivity index (χ0) is 12.4. The van der Waals surface area contributed by atoms with Crippen molar-refractivity contribution in [3.8, 4) is 0 Å². The summed E-state index contributed by atoms with van der Waals surface area (Å²) in [6.45, 7) is 0.481. The minimum atomic E-state index is 0.481. The molecular formula is C12H16N4S2. The van der Waals surface area contributed by atoms with Crippen molar-refractivity contribution in [3.05, 3.63) is 28.2 Å². The van der Waals surface area contributed by atoms with Gasteiger partial charge in [-0.3, -0.25) is 0 Å². The molecule has 0 aliphatic heterocycles. The Labute approximate surface area is 115 Å². The van der Waals surface area contributed by atoms with E-state index in [-0.39, 0.29) is 0 Å². The van der Waals surface area contributed by atoms with Crippen LogP contribution in [0.25, 0.3) is 0 Å². The number of aryl methyl sites for hydroxylation is 1. The molecule has 2 aromatic heterocycles. The Balaban J connectivity index is 1.63. The third-order valence-electron chi connectivity index (χ3n) is 2.99. The first-order chi connectivity index (χ1) is 8.88. The highest BCUT2D eigenvalue weighted by Crippen LogP contribution is 2.38. The second kappa shape index (κ2) is 5.42. The standard InChI is InChI=1S/C12H16N4S2/c13-8-11-14-15-12(16(11)9-3-4-9)18-7-5-10-2-1-6-17-10/h1-2,6,9H,3-5,7-8,13H2. The summed E-state index contributed by atoms with van der Waals surface area (Å²) in [6.07, 6.45) is 3.57. The maximum absolute atomic E-state index is 5.70. The largest absolute Gasteiger partial charge is 0.324 e. The highest BCUT2D eigenvalue weighted by molar-refractivity contribution is 7.99. The molecule has 0 bridgehead atoms. The molecule has 2 aromatic rings. The second-order valence-corrected chi connectivity index (χ2v) is 6.48. The molecule has 6 heteroatoms. The molecule has 0 radical (unpaired) electrons. The summed E-state index contributed by atoms with van der Waals surface area (Å²) in [5.41, 5.74) is 5.70. The van der Waals surface area contributed by atoms with E-state index in [0.717, 1.165) is 23.2 Å². The molecule has 0 spiro atoms. The van der Waals surface area contributed by atoms with Gasteiger partial charge in [-0.2, -0.15) is 0 Å². The number of nitrogens with zero attached hydrogens (tertiary/aromatic N) is 3. The van der Waals surface area contributed by atoms with Crippen LogP contribution in [0, 0.1) is 0 Å². The number of thiophene rings is 1. The van der Waals surface area contributed by atoms with Gasteiger partial charge in [0.1, 0.15) is 5.82 Å². The normalized spacial score (nSPS) is 15.2. The minimum Gasteiger partial charge on any atom is -0.324 e. The van der Waals surface area contributed by atoms with Crippen molar-refractivity contribution in [3.63, 3.8) is 0 Å². The number of thioether (sulfide) groups is 1.